The first kappa shape index (κ1) is 33.9. The van der Waals surface area contributed by atoms with Gasteiger partial charge in [0.1, 0.15) is 5.82 Å². The molecule has 0 unspecified atom stereocenters. The van der Waals surface area contributed by atoms with Gasteiger partial charge in [0.2, 0.25) is 0 Å². The van der Waals surface area contributed by atoms with Crippen molar-refractivity contribution in [1.82, 2.24) is 14.5 Å². The molecule has 0 bridgehead atoms. The SMILES string of the molecule is C=ICCS(=O)(=O)CCC/C(=C/C(=O)Cc1cc(F)c(F)c(F)c1)[C@H](C)c1nc2ncccc2c(=O)n1-c1ccc(C#N)cc1. The van der Waals surface area contributed by atoms with E-state index in [0.29, 0.717) is 21.3 Å². The van der Waals surface area contributed by atoms with Gasteiger partial charge in [0.15, 0.2) is 38.7 Å². The molecule has 8 nitrogen and oxygen atoms in total. The molecule has 0 amide bonds. The molecular formula is C32H28F3IN4O4S. The Morgan fingerprint density at radius 2 is 1.82 bits per heavy atom. The number of hydrogen-bond donors (Lipinski definition) is 0. The molecule has 0 aliphatic carbocycles. The summed E-state index contributed by atoms with van der Waals surface area (Å²) in [6.07, 6.45) is 2.57. The van der Waals surface area contributed by atoms with Gasteiger partial charge in [-0.15, -0.1) is 20.7 Å². The van der Waals surface area contributed by atoms with Crippen LogP contribution in [0, 0.1) is 28.8 Å². The van der Waals surface area contributed by atoms with Crippen molar-refractivity contribution in [2.75, 3.05) is 15.9 Å². The molecule has 13 heteroatoms. The Morgan fingerprint density at radius 3 is 2.47 bits per heavy atom. The zero-order valence-corrected chi connectivity index (χ0v) is 27.1. The second kappa shape index (κ2) is 14.8. The van der Waals surface area contributed by atoms with Crippen LogP contribution in [-0.4, -0.2) is 49.2 Å². The van der Waals surface area contributed by atoms with Crippen molar-refractivity contribution in [3.8, 4) is 11.8 Å². The summed E-state index contributed by atoms with van der Waals surface area (Å²) in [5.41, 5.74) is 0.839. The Bertz CT molecular complexity index is 1980. The maximum absolute atomic E-state index is 13.8. The van der Waals surface area contributed by atoms with Crippen LogP contribution in [0.1, 0.15) is 42.6 Å². The van der Waals surface area contributed by atoms with Crippen LogP contribution in [0.4, 0.5) is 13.2 Å². The smallest absolute Gasteiger partial charge is 0.267 e. The monoisotopic (exact) mass is 748 g/mol. The maximum atomic E-state index is 13.8. The highest BCUT2D eigenvalue weighted by molar-refractivity contribution is 14.2. The lowest BCUT2D eigenvalue weighted by molar-refractivity contribution is -0.114. The molecule has 45 heavy (non-hydrogen) atoms. The Balaban J connectivity index is 1.80. The second-order valence-electron chi connectivity index (χ2n) is 10.2. The number of carbonyl (C=O) groups excluding carboxylic acids is 1. The fraction of sp³-hybridized carbons (Fsp3) is 0.250. The van der Waals surface area contributed by atoms with Gasteiger partial charge in [0.25, 0.3) is 5.56 Å². The predicted octanol–water partition coefficient (Wildman–Crippen LogP) is 5.51. The first-order valence-electron chi connectivity index (χ1n) is 13.7. The summed E-state index contributed by atoms with van der Waals surface area (Å²) in [5.74, 6) is -5.72. The molecule has 2 heterocycles. The number of sulfone groups is 1. The highest BCUT2D eigenvalue weighted by atomic mass is 127. The number of benzene rings is 2. The minimum absolute atomic E-state index is 0.0230. The number of halogens is 4. The molecular weight excluding hydrogens is 720 g/mol. The summed E-state index contributed by atoms with van der Waals surface area (Å²) in [5, 5.41) is 9.48. The molecule has 4 aromatic rings. The average molecular weight is 749 g/mol. The average Bonchev–Trinajstić information content (AvgIpc) is 3.01. The summed E-state index contributed by atoms with van der Waals surface area (Å²) in [4.78, 5) is 35.9. The maximum Gasteiger partial charge on any atom is 0.267 e. The fourth-order valence-corrected chi connectivity index (χ4v) is 8.86. The topological polar surface area (TPSA) is 123 Å². The molecule has 4 rings (SSSR count). The van der Waals surface area contributed by atoms with E-state index >= 15 is 0 Å². The molecule has 2 aromatic carbocycles. The predicted molar refractivity (Wildman–Crippen MR) is 175 cm³/mol. The lowest BCUT2D eigenvalue weighted by Crippen LogP contribution is -2.26. The number of ketones is 1. The van der Waals surface area contributed by atoms with Gasteiger partial charge < -0.3 is 0 Å². The van der Waals surface area contributed by atoms with Crippen LogP contribution in [0.5, 0.6) is 0 Å². The normalized spacial score (nSPS) is 12.6. The number of alkyl halides is 1. The number of aromatic nitrogens is 3. The van der Waals surface area contributed by atoms with E-state index < -0.39 is 71.7 Å². The molecule has 0 N–H and O–H groups in total. The molecule has 0 saturated heterocycles. The van der Waals surface area contributed by atoms with E-state index in [1.54, 1.807) is 43.3 Å². The van der Waals surface area contributed by atoms with Crippen LogP contribution in [0.2, 0.25) is 0 Å². The van der Waals surface area contributed by atoms with E-state index in [2.05, 4.69) is 14.5 Å². The van der Waals surface area contributed by atoms with Gasteiger partial charge in [-0.25, -0.2) is 31.6 Å². The minimum atomic E-state index is -3.36. The van der Waals surface area contributed by atoms with Gasteiger partial charge in [0.05, 0.1) is 34.2 Å². The second-order valence-corrected chi connectivity index (χ2v) is 14.7. The largest absolute Gasteiger partial charge is 0.294 e. The van der Waals surface area contributed by atoms with Crippen LogP contribution in [0.25, 0.3) is 16.7 Å². The van der Waals surface area contributed by atoms with Crippen LogP contribution >= 0.6 is 20.7 Å². The van der Waals surface area contributed by atoms with Crippen LogP contribution in [0.15, 0.2) is 71.2 Å². The van der Waals surface area contributed by atoms with E-state index in [4.69, 9.17) is 0 Å². The molecule has 1 atom stereocenters. The first-order chi connectivity index (χ1) is 21.4. The van der Waals surface area contributed by atoms with Gasteiger partial charge in [-0.3, -0.25) is 14.2 Å². The van der Waals surface area contributed by atoms with Crippen molar-refractivity contribution in [2.24, 2.45) is 0 Å². The third kappa shape index (κ3) is 8.37. The van der Waals surface area contributed by atoms with Crippen molar-refractivity contribution >= 4 is 51.9 Å². The van der Waals surface area contributed by atoms with Crippen LogP contribution in [-0.2, 0) is 21.1 Å². The number of nitriles is 1. The van der Waals surface area contributed by atoms with Crippen molar-refractivity contribution in [1.29, 1.82) is 5.26 Å². The standard InChI is InChI=1S/C32H28F3IN4O4S/c1-20(31-39-30-26(6-3-12-38-30)32(42)40(31)24-9-7-21(19-37)8-10-24)23(5-4-13-45(43,44)14-11-36-2)18-25(41)15-22-16-27(33)29(35)28(34)17-22/h3,6-10,12,16-18,20H,2,4-5,11,13-15H2,1H3/b23-18-/t20-/m0/s1. The van der Waals surface area contributed by atoms with Gasteiger partial charge in [0, 0.05) is 23.0 Å². The van der Waals surface area contributed by atoms with Gasteiger partial charge in [-0.2, -0.15) is 5.26 Å². The summed E-state index contributed by atoms with van der Waals surface area (Å²) >= 11 is -0.447. The first-order valence-corrected chi connectivity index (χ1v) is 18.6. The molecule has 0 radical (unpaired) electrons. The summed E-state index contributed by atoms with van der Waals surface area (Å²) < 4.78 is 71.9. The highest BCUT2D eigenvalue weighted by Crippen LogP contribution is 2.29. The summed E-state index contributed by atoms with van der Waals surface area (Å²) in [6, 6.07) is 12.9. The van der Waals surface area contributed by atoms with Gasteiger partial charge >= 0.3 is 0 Å². The van der Waals surface area contributed by atoms with Gasteiger partial charge in [-0.05, 0) is 73.0 Å². The zero-order valence-electron chi connectivity index (χ0n) is 24.1. The van der Waals surface area contributed by atoms with Crippen molar-refractivity contribution in [3.63, 3.8) is 0 Å². The summed E-state index contributed by atoms with van der Waals surface area (Å²) in [7, 11) is -3.36. The third-order valence-electron chi connectivity index (χ3n) is 7.08. The molecule has 2 aromatic heterocycles. The lowest BCUT2D eigenvalue weighted by atomic mass is 9.93. The minimum Gasteiger partial charge on any atom is -0.294 e. The highest BCUT2D eigenvalue weighted by Gasteiger charge is 2.23. The molecule has 0 spiro atoms. The molecule has 0 aliphatic rings. The number of nitrogens with zero attached hydrogens (tertiary/aromatic N) is 4. The fourth-order valence-electron chi connectivity index (χ4n) is 4.78. The van der Waals surface area contributed by atoms with E-state index in [9.17, 15) is 36.4 Å². The van der Waals surface area contributed by atoms with E-state index in [-0.39, 0.29) is 46.8 Å². The van der Waals surface area contributed by atoms with Crippen LogP contribution < -0.4 is 5.56 Å². The van der Waals surface area contributed by atoms with Gasteiger partial charge in [-0.1, -0.05) is 17.0 Å². The van der Waals surface area contributed by atoms with E-state index in [0.717, 1.165) is 12.1 Å². The Hall–Kier alpha value is -4.03. The molecule has 0 aliphatic heterocycles. The quantitative estimate of drug-likeness (QED) is 0.0766. The van der Waals surface area contributed by atoms with E-state index in [1.807, 2.05) is 6.07 Å². The summed E-state index contributed by atoms with van der Waals surface area (Å²) in [6.45, 7) is 1.70. The number of carbonyl (C=O) groups is 1. The Kier molecular flexibility index (Phi) is 11.2. The van der Waals surface area contributed by atoms with E-state index in [1.165, 1.54) is 16.8 Å². The van der Waals surface area contributed by atoms with Crippen molar-refractivity contribution < 1.29 is 26.4 Å². The Labute approximate surface area is 267 Å². The Morgan fingerprint density at radius 1 is 1.13 bits per heavy atom. The third-order valence-corrected chi connectivity index (χ3v) is 10.8. The molecule has 0 fully saturated rings. The number of rotatable bonds is 13. The zero-order chi connectivity index (χ0) is 32.7. The number of pyridine rings is 1. The molecule has 234 valence electrons. The van der Waals surface area contributed by atoms with Crippen molar-refractivity contribution in [3.05, 3.63) is 111 Å². The number of allylic oxidation sites excluding steroid dienone is 2. The molecule has 0 saturated carbocycles. The van der Waals surface area contributed by atoms with Crippen LogP contribution in [0.3, 0.4) is 0 Å². The lowest BCUT2D eigenvalue weighted by Gasteiger charge is -2.21. The number of fused-ring (bicyclic) bond motifs is 1. The number of hydrogen-bond acceptors (Lipinski definition) is 7. The van der Waals surface area contributed by atoms with Crippen molar-refractivity contribution in [2.45, 2.75) is 32.1 Å².